The van der Waals surface area contributed by atoms with Gasteiger partial charge in [0, 0.05) is 25.5 Å². The van der Waals surface area contributed by atoms with E-state index in [9.17, 15) is 14.4 Å². The second-order valence-electron chi connectivity index (χ2n) is 7.28. The van der Waals surface area contributed by atoms with E-state index < -0.39 is 17.9 Å². The molecule has 0 unspecified atom stereocenters. The van der Waals surface area contributed by atoms with E-state index in [-0.39, 0.29) is 31.2 Å². The molecule has 0 saturated carbocycles. The van der Waals surface area contributed by atoms with E-state index in [2.05, 4.69) is 20.6 Å². The van der Waals surface area contributed by atoms with Crippen LogP contribution >= 0.6 is 0 Å². The van der Waals surface area contributed by atoms with Crippen molar-refractivity contribution >= 4 is 28.8 Å². The summed E-state index contributed by atoms with van der Waals surface area (Å²) in [6.45, 7) is 1.88. The minimum atomic E-state index is -0.936. The highest BCUT2D eigenvalue weighted by atomic mass is 16.2. The summed E-state index contributed by atoms with van der Waals surface area (Å²) in [5, 5.41) is 5.45. The fraction of sp³-hybridized carbons (Fsp3) is 0.261. The molecule has 1 aromatic heterocycles. The van der Waals surface area contributed by atoms with Gasteiger partial charge in [-0.2, -0.15) is 0 Å². The summed E-state index contributed by atoms with van der Waals surface area (Å²) in [5.41, 5.74) is 8.40. The molecule has 160 valence electrons. The van der Waals surface area contributed by atoms with Crippen molar-refractivity contribution in [3.63, 3.8) is 0 Å². The number of carbonyl (C=O) groups is 3. The van der Waals surface area contributed by atoms with Crippen LogP contribution in [0.2, 0.25) is 0 Å². The van der Waals surface area contributed by atoms with Crippen molar-refractivity contribution in [1.29, 1.82) is 0 Å². The van der Waals surface area contributed by atoms with Gasteiger partial charge < -0.3 is 16.4 Å². The van der Waals surface area contributed by atoms with Crippen molar-refractivity contribution in [2.75, 3.05) is 0 Å². The van der Waals surface area contributed by atoms with Gasteiger partial charge in [0.2, 0.25) is 17.7 Å². The maximum Gasteiger partial charge on any atom is 0.240 e. The average molecular weight is 419 g/mol. The third-order valence-corrected chi connectivity index (χ3v) is 4.85. The van der Waals surface area contributed by atoms with Crippen LogP contribution in [0, 0.1) is 0 Å². The number of nitrogens with zero attached hydrogens (tertiary/aromatic N) is 2. The number of fused-ring (bicyclic) bond motifs is 1. The molecule has 1 heterocycles. The van der Waals surface area contributed by atoms with Gasteiger partial charge in [-0.15, -0.1) is 0 Å². The maximum atomic E-state index is 12.3. The van der Waals surface area contributed by atoms with Crippen LogP contribution in [0.4, 0.5) is 0 Å². The molecule has 0 bridgehead atoms. The molecule has 31 heavy (non-hydrogen) atoms. The second kappa shape index (κ2) is 10.3. The summed E-state index contributed by atoms with van der Waals surface area (Å²) in [4.78, 5) is 45.0. The molecule has 2 aromatic carbocycles. The topological polar surface area (TPSA) is 127 Å². The fourth-order valence-corrected chi connectivity index (χ4v) is 3.16. The zero-order valence-corrected chi connectivity index (χ0v) is 17.2. The monoisotopic (exact) mass is 419 g/mol. The van der Waals surface area contributed by atoms with Gasteiger partial charge in [-0.3, -0.25) is 19.4 Å². The van der Waals surface area contributed by atoms with Crippen LogP contribution in [0.25, 0.3) is 11.0 Å². The number of rotatable bonds is 9. The Morgan fingerprint density at radius 1 is 0.903 bits per heavy atom. The lowest BCUT2D eigenvalue weighted by Crippen LogP contribution is -2.46. The van der Waals surface area contributed by atoms with Crippen molar-refractivity contribution in [2.24, 2.45) is 5.73 Å². The minimum absolute atomic E-state index is 0.00424. The third-order valence-electron chi connectivity index (χ3n) is 4.85. The van der Waals surface area contributed by atoms with Crippen molar-refractivity contribution in [1.82, 2.24) is 20.6 Å². The lowest BCUT2D eigenvalue weighted by atomic mass is 10.1. The first-order chi connectivity index (χ1) is 14.9. The average Bonchev–Trinajstić information content (AvgIpc) is 2.77. The van der Waals surface area contributed by atoms with Gasteiger partial charge >= 0.3 is 0 Å². The number of hydrogen-bond donors (Lipinski definition) is 3. The molecule has 3 amide bonds. The molecule has 0 radical (unpaired) electrons. The Kier molecular flexibility index (Phi) is 7.26. The Labute approximate surface area is 180 Å². The molecule has 8 nitrogen and oxygen atoms in total. The number of primary amides is 1. The van der Waals surface area contributed by atoms with Gasteiger partial charge in [0.05, 0.1) is 22.8 Å². The zero-order valence-electron chi connectivity index (χ0n) is 17.2. The van der Waals surface area contributed by atoms with E-state index in [1.807, 2.05) is 61.5 Å². The van der Waals surface area contributed by atoms with Crippen LogP contribution in [0.15, 0.2) is 60.8 Å². The summed E-state index contributed by atoms with van der Waals surface area (Å²) < 4.78 is 0. The van der Waals surface area contributed by atoms with E-state index in [4.69, 9.17) is 5.73 Å². The highest BCUT2D eigenvalue weighted by molar-refractivity contribution is 5.89. The molecular formula is C23H25N5O3. The molecule has 8 heteroatoms. The smallest absolute Gasteiger partial charge is 0.240 e. The molecule has 0 saturated heterocycles. The predicted octanol–water partition coefficient (Wildman–Crippen LogP) is 1.80. The summed E-state index contributed by atoms with van der Waals surface area (Å²) >= 11 is 0. The largest absolute Gasteiger partial charge is 0.368 e. The fourth-order valence-electron chi connectivity index (χ4n) is 3.16. The summed E-state index contributed by atoms with van der Waals surface area (Å²) in [5.74, 6) is -1.35. The molecule has 4 N–H and O–H groups in total. The number of nitrogens with two attached hydrogens (primary N) is 1. The third kappa shape index (κ3) is 6.33. The van der Waals surface area contributed by atoms with E-state index in [0.29, 0.717) is 11.2 Å². The molecule has 0 spiro atoms. The van der Waals surface area contributed by atoms with E-state index in [0.717, 1.165) is 11.1 Å². The number of carbonyl (C=O) groups excluding carboxylic acids is 3. The Morgan fingerprint density at radius 2 is 1.52 bits per heavy atom. The van der Waals surface area contributed by atoms with Crippen molar-refractivity contribution in [3.8, 4) is 0 Å². The van der Waals surface area contributed by atoms with Crippen molar-refractivity contribution in [3.05, 3.63) is 72.1 Å². The second-order valence-corrected chi connectivity index (χ2v) is 7.28. The SMILES string of the molecule is C[C@@H](NC(=O)CCC(=O)N[C@H](Cc1cnc2ccccc2n1)C(N)=O)c1ccccc1. The van der Waals surface area contributed by atoms with Crippen LogP contribution in [0.3, 0.4) is 0 Å². The predicted molar refractivity (Wildman–Crippen MR) is 117 cm³/mol. The number of para-hydroxylation sites is 2. The Balaban J connectivity index is 1.51. The maximum absolute atomic E-state index is 12.3. The van der Waals surface area contributed by atoms with Crippen LogP contribution in [-0.4, -0.2) is 33.7 Å². The lowest BCUT2D eigenvalue weighted by molar-refractivity contribution is -0.129. The van der Waals surface area contributed by atoms with E-state index >= 15 is 0 Å². The normalized spacial score (nSPS) is 12.7. The molecule has 3 aromatic rings. The quantitative estimate of drug-likeness (QED) is 0.487. The number of aromatic nitrogens is 2. The van der Waals surface area contributed by atoms with Gasteiger partial charge in [-0.1, -0.05) is 42.5 Å². The van der Waals surface area contributed by atoms with Gasteiger partial charge in [-0.05, 0) is 24.6 Å². The highest BCUT2D eigenvalue weighted by Crippen LogP contribution is 2.12. The van der Waals surface area contributed by atoms with Gasteiger partial charge in [0.25, 0.3) is 0 Å². The summed E-state index contributed by atoms with van der Waals surface area (Å²) in [6.07, 6.45) is 1.63. The van der Waals surface area contributed by atoms with Gasteiger partial charge in [0.1, 0.15) is 6.04 Å². The molecule has 0 aliphatic heterocycles. The number of hydrogen-bond acceptors (Lipinski definition) is 5. The van der Waals surface area contributed by atoms with Crippen LogP contribution < -0.4 is 16.4 Å². The van der Waals surface area contributed by atoms with Crippen LogP contribution in [0.5, 0.6) is 0 Å². The van der Waals surface area contributed by atoms with Crippen molar-refractivity contribution in [2.45, 2.75) is 38.3 Å². The minimum Gasteiger partial charge on any atom is -0.368 e. The van der Waals surface area contributed by atoms with Crippen LogP contribution in [-0.2, 0) is 20.8 Å². The zero-order chi connectivity index (χ0) is 22.2. The number of nitrogens with one attached hydrogen (secondary N) is 2. The molecule has 0 aliphatic rings. The highest BCUT2D eigenvalue weighted by Gasteiger charge is 2.20. The Hall–Kier alpha value is -3.81. The molecule has 3 rings (SSSR count). The summed E-state index contributed by atoms with van der Waals surface area (Å²) in [7, 11) is 0. The lowest BCUT2D eigenvalue weighted by Gasteiger charge is -2.16. The van der Waals surface area contributed by atoms with Gasteiger partial charge in [-0.25, -0.2) is 4.98 Å². The standard InChI is InChI=1S/C23H25N5O3/c1-15(16-7-3-2-4-8-16)26-21(29)11-12-22(30)28-20(23(24)31)13-17-14-25-18-9-5-6-10-19(18)27-17/h2-10,14-15,20H,11-13H2,1H3,(H2,24,31)(H,26,29)(H,28,30)/t15-,20-/m1/s1. The molecule has 0 aliphatic carbocycles. The number of benzene rings is 2. The first kappa shape index (κ1) is 21.9. The Morgan fingerprint density at radius 3 is 2.19 bits per heavy atom. The molecule has 0 fully saturated rings. The molecular weight excluding hydrogens is 394 g/mol. The van der Waals surface area contributed by atoms with E-state index in [1.165, 1.54) is 0 Å². The first-order valence-electron chi connectivity index (χ1n) is 10.1. The number of amides is 3. The van der Waals surface area contributed by atoms with Crippen LogP contribution in [0.1, 0.15) is 37.1 Å². The Bertz CT molecular complexity index is 1070. The van der Waals surface area contributed by atoms with Gasteiger partial charge in [0.15, 0.2) is 0 Å². The summed E-state index contributed by atoms with van der Waals surface area (Å²) in [6, 6.07) is 15.8. The molecule has 2 atom stereocenters. The van der Waals surface area contributed by atoms with Crippen molar-refractivity contribution < 1.29 is 14.4 Å². The van der Waals surface area contributed by atoms with E-state index in [1.54, 1.807) is 6.20 Å². The first-order valence-corrected chi connectivity index (χ1v) is 10.1.